The van der Waals surface area contributed by atoms with Gasteiger partial charge in [-0.1, -0.05) is 12.1 Å². The molecule has 0 aliphatic carbocycles. The highest BCUT2D eigenvalue weighted by Crippen LogP contribution is 2.39. The molecule has 0 spiro atoms. The average molecular weight is 444 g/mol. The molecule has 0 saturated heterocycles. The predicted molar refractivity (Wildman–Crippen MR) is 100 cm³/mol. The van der Waals surface area contributed by atoms with Gasteiger partial charge in [-0.3, -0.25) is 0 Å². The Morgan fingerprint density at radius 2 is 1.90 bits per heavy atom. The molecule has 0 unspecified atom stereocenters. The number of anilines is 1. The number of fused-ring (bicyclic) bond motifs is 1. The molecule has 3 rings (SSSR count). The Bertz CT molecular complexity index is 1110. The van der Waals surface area contributed by atoms with Crippen molar-refractivity contribution >= 4 is 22.7 Å². The molecule has 2 atom stereocenters. The summed E-state index contributed by atoms with van der Waals surface area (Å²) in [6, 6.07) is 2.92. The number of urea groups is 1. The van der Waals surface area contributed by atoms with Gasteiger partial charge in [0.15, 0.2) is 17.4 Å². The summed E-state index contributed by atoms with van der Waals surface area (Å²) in [5, 5.41) is 22.3. The van der Waals surface area contributed by atoms with Crippen LogP contribution in [-0.4, -0.2) is 29.0 Å². The van der Waals surface area contributed by atoms with Crippen LogP contribution in [-0.2, 0) is 0 Å². The van der Waals surface area contributed by atoms with Crippen LogP contribution >= 0.6 is 0 Å². The van der Waals surface area contributed by atoms with E-state index in [-0.39, 0.29) is 22.2 Å². The number of nitrogens with one attached hydrogen (secondary N) is 2. The molecule has 2 amide bonds. The number of alkyl halides is 3. The second kappa shape index (κ2) is 8.52. The average Bonchev–Trinajstić information content (AvgIpc) is 3.01. The van der Waals surface area contributed by atoms with E-state index >= 15 is 0 Å². The van der Waals surface area contributed by atoms with Gasteiger partial charge in [0, 0.05) is 22.7 Å². The largest absolute Gasteiger partial charge is 0.455 e. The Hall–Kier alpha value is -3.18. The Kier molecular flexibility index (Phi) is 6.18. The Balaban J connectivity index is 1.90. The molecule has 0 saturated carbocycles. The number of furan rings is 1. The maximum atomic E-state index is 13.9. The second-order valence-corrected chi connectivity index (χ2v) is 6.75. The third-order valence-corrected chi connectivity index (χ3v) is 4.56. The standard InChI is InChI=1S/C20H17F5N2O4/c1-9-13-6-11(21)7-14(22)17(13)31-16(9)18(20(23,24)25)27-19(30)26-12-4-2-3-10(5-12)15(29)8-28/h2-7,15,18,28-29H,8H2,1H3,(H2,26,27,30)/t15-,18+/m1/s1. The van der Waals surface area contributed by atoms with Crippen LogP contribution in [0.15, 0.2) is 40.8 Å². The molecule has 2 aromatic carbocycles. The summed E-state index contributed by atoms with van der Waals surface area (Å²) in [6.45, 7) is 0.604. The lowest BCUT2D eigenvalue weighted by molar-refractivity contribution is -0.158. The number of hydrogen-bond donors (Lipinski definition) is 4. The van der Waals surface area contributed by atoms with E-state index in [1.807, 2.05) is 0 Å². The van der Waals surface area contributed by atoms with Crippen molar-refractivity contribution in [1.82, 2.24) is 5.32 Å². The van der Waals surface area contributed by atoms with E-state index in [0.717, 1.165) is 6.07 Å². The lowest BCUT2D eigenvalue weighted by Crippen LogP contribution is -2.40. The van der Waals surface area contributed by atoms with Crippen molar-refractivity contribution in [1.29, 1.82) is 0 Å². The third-order valence-electron chi connectivity index (χ3n) is 4.56. The number of aliphatic hydroxyl groups excluding tert-OH is 2. The third kappa shape index (κ3) is 4.78. The number of carbonyl (C=O) groups excluding carboxylic acids is 1. The zero-order chi connectivity index (χ0) is 22.9. The number of halogens is 5. The quantitative estimate of drug-likeness (QED) is 0.437. The highest BCUT2D eigenvalue weighted by Gasteiger charge is 2.45. The van der Waals surface area contributed by atoms with Gasteiger partial charge >= 0.3 is 12.2 Å². The molecule has 0 aliphatic heterocycles. The summed E-state index contributed by atoms with van der Waals surface area (Å²) >= 11 is 0. The van der Waals surface area contributed by atoms with Gasteiger partial charge in [-0.2, -0.15) is 13.2 Å². The van der Waals surface area contributed by atoms with Crippen molar-refractivity contribution in [3.05, 3.63) is 64.9 Å². The van der Waals surface area contributed by atoms with E-state index in [2.05, 4.69) is 5.32 Å². The molecular formula is C20H17F5N2O4. The molecule has 3 aromatic rings. The van der Waals surface area contributed by atoms with Gasteiger partial charge in [-0.25, -0.2) is 13.6 Å². The van der Waals surface area contributed by atoms with Crippen molar-refractivity contribution in [3.8, 4) is 0 Å². The van der Waals surface area contributed by atoms with E-state index < -0.39 is 53.9 Å². The number of hydrogen-bond acceptors (Lipinski definition) is 4. The lowest BCUT2D eigenvalue weighted by atomic mass is 10.1. The normalized spacial score (nSPS) is 13.8. The smallest absolute Gasteiger partial charge is 0.416 e. The zero-order valence-electron chi connectivity index (χ0n) is 15.9. The number of benzene rings is 2. The van der Waals surface area contributed by atoms with Crippen molar-refractivity contribution in [3.63, 3.8) is 0 Å². The monoisotopic (exact) mass is 444 g/mol. The van der Waals surface area contributed by atoms with Crippen molar-refractivity contribution < 1.29 is 41.4 Å². The fourth-order valence-electron chi connectivity index (χ4n) is 3.06. The fraction of sp³-hybridized carbons (Fsp3) is 0.250. The number of carbonyl (C=O) groups is 1. The van der Waals surface area contributed by atoms with Gasteiger partial charge in [0.2, 0.25) is 0 Å². The summed E-state index contributed by atoms with van der Waals surface area (Å²) in [4.78, 5) is 12.2. The van der Waals surface area contributed by atoms with E-state index in [0.29, 0.717) is 6.07 Å². The molecule has 1 heterocycles. The molecule has 11 heteroatoms. The van der Waals surface area contributed by atoms with Gasteiger partial charge in [0.1, 0.15) is 17.7 Å². The van der Waals surface area contributed by atoms with Crippen molar-refractivity contribution in [2.75, 3.05) is 11.9 Å². The number of rotatable bonds is 5. The maximum absolute atomic E-state index is 13.9. The van der Waals surface area contributed by atoms with Crippen LogP contribution in [0.4, 0.5) is 32.4 Å². The molecular weight excluding hydrogens is 427 g/mol. The van der Waals surface area contributed by atoms with Gasteiger partial charge < -0.3 is 25.3 Å². The van der Waals surface area contributed by atoms with E-state index in [1.165, 1.54) is 31.2 Å². The first-order valence-corrected chi connectivity index (χ1v) is 8.92. The summed E-state index contributed by atoms with van der Waals surface area (Å²) in [6.07, 6.45) is -6.25. The van der Waals surface area contributed by atoms with Crippen LogP contribution in [0.3, 0.4) is 0 Å². The molecule has 0 bridgehead atoms. The number of aliphatic hydroxyl groups is 2. The van der Waals surface area contributed by atoms with Crippen LogP contribution in [0, 0.1) is 18.6 Å². The topological polar surface area (TPSA) is 94.7 Å². The first kappa shape index (κ1) is 22.5. The molecule has 0 fully saturated rings. The van der Waals surface area contributed by atoms with E-state index in [4.69, 9.17) is 9.52 Å². The number of amides is 2. The summed E-state index contributed by atoms with van der Waals surface area (Å²) in [5.74, 6) is -2.94. The van der Waals surface area contributed by atoms with Crippen LogP contribution in [0.25, 0.3) is 11.0 Å². The van der Waals surface area contributed by atoms with Gasteiger partial charge in [-0.15, -0.1) is 0 Å². The molecule has 0 radical (unpaired) electrons. The first-order chi connectivity index (χ1) is 14.5. The summed E-state index contributed by atoms with van der Waals surface area (Å²) < 4.78 is 73.5. The zero-order valence-corrected chi connectivity index (χ0v) is 15.9. The van der Waals surface area contributed by atoms with Crippen LogP contribution in [0.2, 0.25) is 0 Å². The minimum atomic E-state index is -5.01. The van der Waals surface area contributed by atoms with Gasteiger partial charge in [0.25, 0.3) is 0 Å². The highest BCUT2D eigenvalue weighted by molar-refractivity contribution is 5.90. The van der Waals surface area contributed by atoms with Crippen molar-refractivity contribution in [2.45, 2.75) is 25.2 Å². The molecule has 1 aromatic heterocycles. The van der Waals surface area contributed by atoms with E-state index in [9.17, 15) is 31.9 Å². The Morgan fingerprint density at radius 1 is 1.19 bits per heavy atom. The molecule has 4 N–H and O–H groups in total. The van der Waals surface area contributed by atoms with E-state index in [1.54, 1.807) is 5.32 Å². The summed E-state index contributed by atoms with van der Waals surface area (Å²) in [5.41, 5.74) is -0.448. The van der Waals surface area contributed by atoms with Crippen LogP contribution in [0.1, 0.15) is 29.0 Å². The van der Waals surface area contributed by atoms with Crippen LogP contribution in [0.5, 0.6) is 0 Å². The first-order valence-electron chi connectivity index (χ1n) is 8.92. The molecule has 6 nitrogen and oxygen atoms in total. The fourth-order valence-corrected chi connectivity index (χ4v) is 3.06. The highest BCUT2D eigenvalue weighted by atomic mass is 19.4. The maximum Gasteiger partial charge on any atom is 0.416 e. The molecule has 0 aliphatic rings. The van der Waals surface area contributed by atoms with Gasteiger partial charge in [0.05, 0.1) is 6.61 Å². The number of aryl methyl sites for hydroxylation is 1. The predicted octanol–water partition coefficient (Wildman–Crippen LogP) is 4.47. The molecule has 166 valence electrons. The minimum absolute atomic E-state index is 0.0536. The lowest BCUT2D eigenvalue weighted by Gasteiger charge is -2.21. The summed E-state index contributed by atoms with van der Waals surface area (Å²) in [7, 11) is 0. The minimum Gasteiger partial charge on any atom is -0.455 e. The second-order valence-electron chi connectivity index (χ2n) is 6.75. The van der Waals surface area contributed by atoms with Gasteiger partial charge in [-0.05, 0) is 30.7 Å². The molecule has 31 heavy (non-hydrogen) atoms. The Morgan fingerprint density at radius 3 is 2.55 bits per heavy atom. The van der Waals surface area contributed by atoms with Crippen molar-refractivity contribution in [2.24, 2.45) is 0 Å². The van der Waals surface area contributed by atoms with Crippen LogP contribution < -0.4 is 10.6 Å². The SMILES string of the molecule is Cc1c([C@H](NC(=O)Nc2cccc([C@H](O)CO)c2)C(F)(F)F)oc2c(F)cc(F)cc12. The Labute approximate surface area is 172 Å².